The van der Waals surface area contributed by atoms with Gasteiger partial charge in [-0.05, 0) is 42.8 Å². The first-order valence-corrected chi connectivity index (χ1v) is 9.34. The Morgan fingerprint density at radius 3 is 2.21 bits per heavy atom. The molecule has 4 rings (SSSR count). The minimum absolute atomic E-state index is 0.174. The Labute approximate surface area is 167 Å². The fourth-order valence-corrected chi connectivity index (χ4v) is 3.42. The molecule has 2 aromatic rings. The molecule has 0 unspecified atom stereocenters. The lowest BCUT2D eigenvalue weighted by atomic mass is 10.1. The molecule has 0 atom stereocenters. The summed E-state index contributed by atoms with van der Waals surface area (Å²) >= 11 is 0. The number of hydrogen-bond donors (Lipinski definition) is 1. The summed E-state index contributed by atoms with van der Waals surface area (Å²) in [5, 5.41) is 2.77. The molecule has 0 bridgehead atoms. The lowest BCUT2D eigenvalue weighted by Gasteiger charge is -2.14. The predicted molar refractivity (Wildman–Crippen MR) is 105 cm³/mol. The molecule has 1 saturated heterocycles. The molecule has 2 aliphatic heterocycles. The van der Waals surface area contributed by atoms with Gasteiger partial charge in [0, 0.05) is 24.3 Å². The summed E-state index contributed by atoms with van der Waals surface area (Å²) in [5.41, 5.74) is 2.12. The van der Waals surface area contributed by atoms with E-state index in [0.717, 1.165) is 0 Å². The number of carbonyl (C=O) groups is 4. The summed E-state index contributed by atoms with van der Waals surface area (Å²) in [4.78, 5) is 51.1. The average molecular weight is 393 g/mol. The van der Waals surface area contributed by atoms with Crippen molar-refractivity contribution in [2.24, 2.45) is 0 Å². The summed E-state index contributed by atoms with van der Waals surface area (Å²) in [6.07, 6.45) is 0.165. The molecule has 8 heteroatoms. The van der Waals surface area contributed by atoms with Crippen LogP contribution >= 0.6 is 0 Å². The van der Waals surface area contributed by atoms with Crippen molar-refractivity contribution in [1.82, 2.24) is 4.90 Å². The number of carbonyl (C=O) groups excluding carboxylic acids is 4. The topological polar surface area (TPSA) is 96.0 Å². The van der Waals surface area contributed by atoms with Crippen molar-refractivity contribution in [2.45, 2.75) is 12.8 Å². The van der Waals surface area contributed by atoms with Gasteiger partial charge >= 0.3 is 6.09 Å². The molecule has 2 aliphatic rings. The van der Waals surface area contributed by atoms with Crippen LogP contribution in [0.4, 0.5) is 16.2 Å². The molecule has 0 radical (unpaired) electrons. The zero-order valence-corrected chi connectivity index (χ0v) is 15.6. The Bertz CT molecular complexity index is 951. The van der Waals surface area contributed by atoms with Crippen LogP contribution in [0.25, 0.3) is 0 Å². The van der Waals surface area contributed by atoms with Crippen molar-refractivity contribution in [1.29, 1.82) is 0 Å². The largest absolute Gasteiger partial charge is 0.447 e. The predicted octanol–water partition coefficient (Wildman–Crippen LogP) is 2.66. The van der Waals surface area contributed by atoms with Gasteiger partial charge in [0.1, 0.15) is 6.61 Å². The molecule has 1 fully saturated rings. The van der Waals surface area contributed by atoms with E-state index in [9.17, 15) is 19.2 Å². The molecule has 29 heavy (non-hydrogen) atoms. The normalized spacial score (nSPS) is 15.5. The molecule has 148 valence electrons. The summed E-state index contributed by atoms with van der Waals surface area (Å²) in [7, 11) is 0. The summed E-state index contributed by atoms with van der Waals surface area (Å²) < 4.78 is 4.90. The Morgan fingerprint density at radius 1 is 0.966 bits per heavy atom. The van der Waals surface area contributed by atoms with Crippen molar-refractivity contribution < 1.29 is 23.9 Å². The fourth-order valence-electron chi connectivity index (χ4n) is 3.42. The van der Waals surface area contributed by atoms with E-state index < -0.39 is 0 Å². The van der Waals surface area contributed by atoms with Crippen LogP contribution in [0.3, 0.4) is 0 Å². The van der Waals surface area contributed by atoms with Crippen LogP contribution in [-0.2, 0) is 9.53 Å². The van der Waals surface area contributed by atoms with E-state index in [1.54, 1.807) is 48.5 Å². The van der Waals surface area contributed by atoms with Gasteiger partial charge in [-0.25, -0.2) is 4.79 Å². The summed E-state index contributed by atoms with van der Waals surface area (Å²) in [6.45, 7) is 1.06. The first kappa shape index (κ1) is 18.7. The fraction of sp³-hybridized carbons (Fsp3) is 0.238. The number of benzene rings is 2. The van der Waals surface area contributed by atoms with E-state index in [1.165, 1.54) is 9.80 Å². The number of hydrogen-bond acceptors (Lipinski definition) is 5. The third-order valence-electron chi connectivity index (χ3n) is 4.89. The number of imide groups is 1. The first-order valence-electron chi connectivity index (χ1n) is 9.34. The van der Waals surface area contributed by atoms with Gasteiger partial charge in [-0.1, -0.05) is 12.1 Å². The monoisotopic (exact) mass is 393 g/mol. The highest BCUT2D eigenvalue weighted by atomic mass is 16.6. The standard InChI is InChI=1S/C21H19N3O5/c25-18(22-14-7-9-15(10-8-14)23-12-13-29-21(23)28)6-3-11-24-19(26)16-4-1-2-5-17(16)20(24)27/h1-2,4-5,7-10H,3,6,11-13H2,(H,22,25). The lowest BCUT2D eigenvalue weighted by Crippen LogP contribution is -2.31. The van der Waals surface area contributed by atoms with Crippen molar-refractivity contribution in [3.63, 3.8) is 0 Å². The number of rotatable bonds is 6. The van der Waals surface area contributed by atoms with Gasteiger partial charge in [-0.15, -0.1) is 0 Å². The highest BCUT2D eigenvalue weighted by Gasteiger charge is 2.34. The Morgan fingerprint density at radius 2 is 1.62 bits per heavy atom. The van der Waals surface area contributed by atoms with E-state index in [-0.39, 0.29) is 36.8 Å². The first-order chi connectivity index (χ1) is 14.0. The van der Waals surface area contributed by atoms with Crippen LogP contribution in [0, 0.1) is 0 Å². The molecular weight excluding hydrogens is 374 g/mol. The third-order valence-corrected chi connectivity index (χ3v) is 4.89. The van der Waals surface area contributed by atoms with Crippen molar-refractivity contribution >= 4 is 35.2 Å². The quantitative estimate of drug-likeness (QED) is 0.761. The van der Waals surface area contributed by atoms with Crippen LogP contribution in [-0.4, -0.2) is 48.4 Å². The van der Waals surface area contributed by atoms with Gasteiger partial charge in [-0.3, -0.25) is 24.2 Å². The van der Waals surface area contributed by atoms with E-state index >= 15 is 0 Å². The Hall–Kier alpha value is -3.68. The molecule has 2 heterocycles. The van der Waals surface area contributed by atoms with Gasteiger partial charge < -0.3 is 10.1 Å². The van der Waals surface area contributed by atoms with E-state index in [2.05, 4.69) is 5.32 Å². The maximum atomic E-state index is 12.3. The number of cyclic esters (lactones) is 1. The number of amides is 4. The Balaban J connectivity index is 1.27. The zero-order valence-electron chi connectivity index (χ0n) is 15.6. The maximum Gasteiger partial charge on any atom is 0.414 e. The Kier molecular flexibility index (Phi) is 4.99. The molecular formula is C21H19N3O5. The second-order valence-corrected chi connectivity index (χ2v) is 6.77. The number of nitrogens with zero attached hydrogens (tertiary/aromatic N) is 2. The summed E-state index contributed by atoms with van der Waals surface area (Å²) in [5.74, 6) is -0.848. The molecule has 4 amide bonds. The second-order valence-electron chi connectivity index (χ2n) is 6.77. The van der Waals surface area contributed by atoms with Crippen LogP contribution in [0.2, 0.25) is 0 Å². The SMILES string of the molecule is O=C(CCCN1C(=O)c2ccccc2C1=O)Nc1ccc(N2CCOC2=O)cc1. The van der Waals surface area contributed by atoms with Crippen molar-refractivity contribution in [2.75, 3.05) is 29.9 Å². The second kappa shape index (κ2) is 7.75. The molecule has 0 saturated carbocycles. The van der Waals surface area contributed by atoms with Crippen LogP contribution in [0.15, 0.2) is 48.5 Å². The van der Waals surface area contributed by atoms with Crippen molar-refractivity contribution in [3.05, 3.63) is 59.7 Å². The highest BCUT2D eigenvalue weighted by molar-refractivity contribution is 6.21. The van der Waals surface area contributed by atoms with E-state index in [1.807, 2.05) is 0 Å². The van der Waals surface area contributed by atoms with Gasteiger partial charge in [0.25, 0.3) is 11.8 Å². The van der Waals surface area contributed by atoms with E-state index in [0.29, 0.717) is 42.1 Å². The maximum absolute atomic E-state index is 12.3. The lowest BCUT2D eigenvalue weighted by molar-refractivity contribution is -0.116. The number of ether oxygens (including phenoxy) is 1. The molecule has 0 aromatic heterocycles. The van der Waals surface area contributed by atoms with Crippen LogP contribution < -0.4 is 10.2 Å². The van der Waals surface area contributed by atoms with Gasteiger partial charge in [0.15, 0.2) is 0 Å². The molecule has 2 aromatic carbocycles. The average Bonchev–Trinajstić information content (AvgIpc) is 3.26. The van der Waals surface area contributed by atoms with Gasteiger partial charge in [-0.2, -0.15) is 0 Å². The molecule has 1 N–H and O–H groups in total. The minimum Gasteiger partial charge on any atom is -0.447 e. The third kappa shape index (κ3) is 3.69. The van der Waals surface area contributed by atoms with Crippen LogP contribution in [0.5, 0.6) is 0 Å². The summed E-state index contributed by atoms with van der Waals surface area (Å²) in [6, 6.07) is 13.6. The zero-order chi connectivity index (χ0) is 20.4. The molecule has 8 nitrogen and oxygen atoms in total. The molecule has 0 spiro atoms. The number of anilines is 2. The van der Waals surface area contributed by atoms with Crippen LogP contribution in [0.1, 0.15) is 33.6 Å². The number of nitrogens with one attached hydrogen (secondary N) is 1. The smallest absolute Gasteiger partial charge is 0.414 e. The van der Waals surface area contributed by atoms with Gasteiger partial charge in [0.05, 0.1) is 17.7 Å². The molecule has 0 aliphatic carbocycles. The minimum atomic E-state index is -0.380. The van der Waals surface area contributed by atoms with Gasteiger partial charge in [0.2, 0.25) is 5.91 Å². The number of fused-ring (bicyclic) bond motifs is 1. The highest BCUT2D eigenvalue weighted by Crippen LogP contribution is 2.23. The van der Waals surface area contributed by atoms with Crippen molar-refractivity contribution in [3.8, 4) is 0 Å². The van der Waals surface area contributed by atoms with E-state index in [4.69, 9.17) is 4.74 Å².